The maximum atomic E-state index is 12.9. The summed E-state index contributed by atoms with van der Waals surface area (Å²) in [4.78, 5) is 12.9. The summed E-state index contributed by atoms with van der Waals surface area (Å²) in [6.45, 7) is 4.52. The maximum Gasteiger partial charge on any atom is 0.336 e. The lowest BCUT2D eigenvalue weighted by molar-refractivity contribution is -0.326. The first-order valence-electron chi connectivity index (χ1n) is 11.4. The normalized spacial score (nSPS) is 43.0. The van der Waals surface area contributed by atoms with Crippen LogP contribution in [0, 0.1) is 5.41 Å². The SMILES string of the molecule is CC1=C(C(=O)O[C@H]2O[C@@H](CO[C@@H]3O[C@H](CO)[C@@H](O)[C@@H](O)[C@@H]3O)[C@H](O)[C@@H](O)[C@@H]2O)C(C)(C)CCC1. The molecule has 0 spiro atoms. The van der Waals surface area contributed by atoms with E-state index < -0.39 is 86.0 Å². The summed E-state index contributed by atoms with van der Waals surface area (Å²) >= 11 is 0. The zero-order chi connectivity index (χ0) is 25.4. The smallest absolute Gasteiger partial charge is 0.336 e. The van der Waals surface area contributed by atoms with Crippen LogP contribution in [0.5, 0.6) is 0 Å². The van der Waals surface area contributed by atoms with Gasteiger partial charge in [-0.1, -0.05) is 19.4 Å². The summed E-state index contributed by atoms with van der Waals surface area (Å²) in [6, 6.07) is 0. The largest absolute Gasteiger partial charge is 0.429 e. The van der Waals surface area contributed by atoms with Crippen molar-refractivity contribution in [2.75, 3.05) is 13.2 Å². The molecule has 12 nitrogen and oxygen atoms in total. The minimum Gasteiger partial charge on any atom is -0.429 e. The van der Waals surface area contributed by atoms with Crippen molar-refractivity contribution >= 4 is 5.97 Å². The highest BCUT2D eigenvalue weighted by Crippen LogP contribution is 2.41. The van der Waals surface area contributed by atoms with Crippen LogP contribution in [0.15, 0.2) is 11.1 Å². The molecule has 34 heavy (non-hydrogen) atoms. The minimum atomic E-state index is -1.73. The third-order valence-corrected chi connectivity index (χ3v) is 6.83. The van der Waals surface area contributed by atoms with Crippen molar-refractivity contribution in [1.29, 1.82) is 0 Å². The average Bonchev–Trinajstić information content (AvgIpc) is 2.77. The second-order valence-corrected chi connectivity index (χ2v) is 9.84. The van der Waals surface area contributed by atoms with Crippen molar-refractivity contribution in [1.82, 2.24) is 0 Å². The molecule has 2 saturated heterocycles. The minimum absolute atomic E-state index is 0.442. The highest BCUT2D eigenvalue weighted by Gasteiger charge is 2.48. The first kappa shape index (κ1) is 27.4. The molecule has 0 bridgehead atoms. The van der Waals surface area contributed by atoms with Crippen molar-refractivity contribution in [3.8, 4) is 0 Å². The number of ether oxygens (including phenoxy) is 4. The van der Waals surface area contributed by atoms with Crippen LogP contribution in [0.1, 0.15) is 40.0 Å². The van der Waals surface area contributed by atoms with E-state index in [9.17, 15) is 40.5 Å². The molecule has 0 unspecified atom stereocenters. The van der Waals surface area contributed by atoms with E-state index in [-0.39, 0.29) is 0 Å². The summed E-state index contributed by atoms with van der Waals surface area (Å²) in [5.41, 5.74) is 0.905. The van der Waals surface area contributed by atoms with Crippen LogP contribution in [0.4, 0.5) is 0 Å². The molecule has 0 aromatic rings. The van der Waals surface area contributed by atoms with Gasteiger partial charge in [0, 0.05) is 5.57 Å². The van der Waals surface area contributed by atoms with Crippen molar-refractivity contribution < 1.29 is 59.5 Å². The van der Waals surface area contributed by atoms with Gasteiger partial charge in [0.2, 0.25) is 6.29 Å². The Morgan fingerprint density at radius 3 is 2.06 bits per heavy atom. The molecule has 196 valence electrons. The Hall–Kier alpha value is -1.19. The number of allylic oxidation sites excluding steroid dienone is 1. The van der Waals surface area contributed by atoms with E-state index in [0.717, 1.165) is 24.8 Å². The molecular formula is C22H36O12. The molecule has 0 aromatic heterocycles. The predicted molar refractivity (Wildman–Crippen MR) is 113 cm³/mol. The number of hydrogen-bond donors (Lipinski definition) is 7. The van der Waals surface area contributed by atoms with Crippen LogP contribution in [-0.2, 0) is 23.7 Å². The van der Waals surface area contributed by atoms with Gasteiger partial charge in [-0.15, -0.1) is 0 Å². The van der Waals surface area contributed by atoms with Crippen LogP contribution < -0.4 is 0 Å². The van der Waals surface area contributed by atoms with E-state index in [4.69, 9.17) is 18.9 Å². The quantitative estimate of drug-likeness (QED) is 0.196. The number of carbonyl (C=O) groups is 1. The fourth-order valence-corrected chi connectivity index (χ4v) is 4.78. The molecule has 0 radical (unpaired) electrons. The van der Waals surface area contributed by atoms with Gasteiger partial charge in [-0.2, -0.15) is 0 Å². The second-order valence-electron chi connectivity index (χ2n) is 9.84. The summed E-state index contributed by atoms with van der Waals surface area (Å²) in [5.74, 6) is -0.691. The van der Waals surface area contributed by atoms with Crippen LogP contribution in [0.3, 0.4) is 0 Å². The summed E-state index contributed by atoms with van der Waals surface area (Å²) in [6.07, 6.45) is -13.2. The predicted octanol–water partition coefficient (Wildman–Crippen LogP) is -2.32. The lowest BCUT2D eigenvalue weighted by atomic mass is 9.73. The van der Waals surface area contributed by atoms with Gasteiger partial charge < -0.3 is 54.7 Å². The van der Waals surface area contributed by atoms with Crippen LogP contribution in [-0.4, -0.2) is 116 Å². The summed E-state index contributed by atoms with van der Waals surface area (Å²) in [7, 11) is 0. The van der Waals surface area contributed by atoms with Gasteiger partial charge in [0.25, 0.3) is 0 Å². The third kappa shape index (κ3) is 5.46. The highest BCUT2D eigenvalue weighted by molar-refractivity contribution is 5.91. The van der Waals surface area contributed by atoms with Crippen LogP contribution >= 0.6 is 0 Å². The van der Waals surface area contributed by atoms with Crippen molar-refractivity contribution in [3.63, 3.8) is 0 Å². The topological polar surface area (TPSA) is 196 Å². The van der Waals surface area contributed by atoms with Crippen molar-refractivity contribution in [2.45, 2.75) is 101 Å². The summed E-state index contributed by atoms with van der Waals surface area (Å²) in [5, 5.41) is 70.0. The molecule has 0 aromatic carbocycles. The monoisotopic (exact) mass is 492 g/mol. The zero-order valence-electron chi connectivity index (χ0n) is 19.5. The molecule has 2 heterocycles. The van der Waals surface area contributed by atoms with E-state index in [1.165, 1.54) is 0 Å². The molecule has 2 fully saturated rings. The molecule has 10 atom stereocenters. The molecule has 2 aliphatic heterocycles. The van der Waals surface area contributed by atoms with Gasteiger partial charge in [-0.25, -0.2) is 4.79 Å². The molecule has 3 rings (SSSR count). The fourth-order valence-electron chi connectivity index (χ4n) is 4.78. The highest BCUT2D eigenvalue weighted by atomic mass is 16.7. The Bertz CT molecular complexity index is 752. The Balaban J connectivity index is 1.67. The molecule has 0 saturated carbocycles. The number of hydrogen-bond acceptors (Lipinski definition) is 12. The fraction of sp³-hybridized carbons (Fsp3) is 0.864. The first-order valence-corrected chi connectivity index (χ1v) is 11.4. The Morgan fingerprint density at radius 2 is 1.47 bits per heavy atom. The van der Waals surface area contributed by atoms with Gasteiger partial charge in [-0.3, -0.25) is 0 Å². The lowest BCUT2D eigenvalue weighted by Crippen LogP contribution is -2.62. The van der Waals surface area contributed by atoms with E-state index in [1.807, 2.05) is 20.8 Å². The number of rotatable bonds is 6. The number of aliphatic hydroxyl groups is 7. The summed E-state index contributed by atoms with van der Waals surface area (Å²) < 4.78 is 21.5. The van der Waals surface area contributed by atoms with Crippen molar-refractivity contribution in [3.05, 3.63) is 11.1 Å². The van der Waals surface area contributed by atoms with Gasteiger partial charge in [0.05, 0.1) is 13.2 Å². The molecule has 0 amide bonds. The Morgan fingerprint density at radius 1 is 0.912 bits per heavy atom. The average molecular weight is 493 g/mol. The van der Waals surface area contributed by atoms with E-state index in [1.54, 1.807) is 0 Å². The molecule has 1 aliphatic carbocycles. The first-order chi connectivity index (χ1) is 15.9. The zero-order valence-corrected chi connectivity index (χ0v) is 19.5. The van der Waals surface area contributed by atoms with E-state index >= 15 is 0 Å². The lowest BCUT2D eigenvalue weighted by Gasteiger charge is -2.42. The Labute approximate surface area is 197 Å². The molecule has 7 N–H and O–H groups in total. The second kappa shape index (κ2) is 10.8. The van der Waals surface area contributed by atoms with E-state index in [0.29, 0.717) is 5.57 Å². The van der Waals surface area contributed by atoms with E-state index in [2.05, 4.69) is 0 Å². The van der Waals surface area contributed by atoms with Gasteiger partial charge in [0.15, 0.2) is 6.29 Å². The third-order valence-electron chi connectivity index (χ3n) is 6.83. The number of esters is 1. The van der Waals surface area contributed by atoms with Gasteiger partial charge in [0.1, 0.15) is 48.8 Å². The number of aliphatic hydroxyl groups excluding tert-OH is 7. The maximum absolute atomic E-state index is 12.9. The van der Waals surface area contributed by atoms with Gasteiger partial charge in [-0.05, 0) is 31.6 Å². The van der Waals surface area contributed by atoms with Crippen molar-refractivity contribution in [2.24, 2.45) is 5.41 Å². The Kier molecular flexibility index (Phi) is 8.72. The molecule has 12 heteroatoms. The van der Waals surface area contributed by atoms with Crippen LogP contribution in [0.2, 0.25) is 0 Å². The molecular weight excluding hydrogens is 456 g/mol. The molecule has 3 aliphatic rings. The van der Waals surface area contributed by atoms with Gasteiger partial charge >= 0.3 is 5.97 Å². The standard InChI is InChI=1S/C22H36O12/c1-9-5-4-6-22(2,3)12(9)19(30)34-21-18(29)16(27)14(25)11(33-21)8-31-20-17(28)15(26)13(24)10(7-23)32-20/h10-11,13-18,20-21,23-29H,4-8H2,1-3H3/t10-,11+,13-,14+,15-,16-,17+,18+,20-,21-/m1/s1. The van der Waals surface area contributed by atoms with Crippen LogP contribution in [0.25, 0.3) is 0 Å². The number of carbonyl (C=O) groups excluding carboxylic acids is 1.